The summed E-state index contributed by atoms with van der Waals surface area (Å²) in [5, 5.41) is 5.19. The Balaban J connectivity index is 2.41. The SMILES string of the molecule is CSC(C)CNC(=O)C(N)c1cccs1. The van der Waals surface area contributed by atoms with Crippen molar-refractivity contribution in [3.63, 3.8) is 0 Å². The van der Waals surface area contributed by atoms with Crippen molar-refractivity contribution in [2.24, 2.45) is 5.73 Å². The monoisotopic (exact) mass is 244 g/mol. The summed E-state index contributed by atoms with van der Waals surface area (Å²) in [6, 6.07) is 3.25. The predicted octanol–water partition coefficient (Wildman–Crippen LogP) is 1.62. The molecule has 0 spiro atoms. The van der Waals surface area contributed by atoms with E-state index >= 15 is 0 Å². The second-order valence-electron chi connectivity index (χ2n) is 3.28. The molecule has 3 N–H and O–H groups in total. The third-order valence-corrected chi connectivity index (χ3v) is 4.03. The summed E-state index contributed by atoms with van der Waals surface area (Å²) in [6.07, 6.45) is 2.02. The lowest BCUT2D eigenvalue weighted by atomic mass is 10.2. The molecular formula is C10H16N2OS2. The number of amides is 1. The zero-order valence-electron chi connectivity index (χ0n) is 8.90. The van der Waals surface area contributed by atoms with E-state index in [4.69, 9.17) is 5.73 Å². The van der Waals surface area contributed by atoms with Gasteiger partial charge in [-0.05, 0) is 17.7 Å². The Hall–Kier alpha value is -0.520. The van der Waals surface area contributed by atoms with E-state index in [0.717, 1.165) is 4.88 Å². The first-order valence-electron chi connectivity index (χ1n) is 4.74. The standard InChI is InChI=1S/C10H16N2OS2/c1-7(14-2)6-12-10(13)9(11)8-4-3-5-15-8/h3-5,7,9H,6,11H2,1-2H3,(H,12,13). The number of rotatable bonds is 5. The van der Waals surface area contributed by atoms with E-state index in [-0.39, 0.29) is 5.91 Å². The first-order chi connectivity index (χ1) is 7.15. The van der Waals surface area contributed by atoms with Crippen LogP contribution < -0.4 is 11.1 Å². The molecule has 0 aliphatic heterocycles. The van der Waals surface area contributed by atoms with Crippen LogP contribution in [0.15, 0.2) is 17.5 Å². The lowest BCUT2D eigenvalue weighted by Crippen LogP contribution is -2.36. The van der Waals surface area contributed by atoms with Crippen molar-refractivity contribution >= 4 is 29.0 Å². The zero-order chi connectivity index (χ0) is 11.3. The average molecular weight is 244 g/mol. The molecule has 15 heavy (non-hydrogen) atoms. The largest absolute Gasteiger partial charge is 0.353 e. The number of carbonyl (C=O) groups excluding carboxylic acids is 1. The van der Waals surface area contributed by atoms with Crippen LogP contribution in [-0.2, 0) is 4.79 Å². The van der Waals surface area contributed by atoms with Gasteiger partial charge in [0.2, 0.25) is 5.91 Å². The van der Waals surface area contributed by atoms with Crippen molar-refractivity contribution in [1.29, 1.82) is 0 Å². The highest BCUT2D eigenvalue weighted by Crippen LogP contribution is 2.16. The van der Waals surface area contributed by atoms with Gasteiger partial charge >= 0.3 is 0 Å². The summed E-state index contributed by atoms with van der Waals surface area (Å²) in [4.78, 5) is 12.5. The minimum Gasteiger partial charge on any atom is -0.353 e. The summed E-state index contributed by atoms with van der Waals surface area (Å²) >= 11 is 3.23. The van der Waals surface area contributed by atoms with E-state index < -0.39 is 6.04 Å². The number of carbonyl (C=O) groups is 1. The van der Waals surface area contributed by atoms with Crippen LogP contribution in [0.3, 0.4) is 0 Å². The first-order valence-corrected chi connectivity index (χ1v) is 6.91. The average Bonchev–Trinajstić information content (AvgIpc) is 2.77. The lowest BCUT2D eigenvalue weighted by molar-refractivity contribution is -0.122. The summed E-state index contributed by atoms with van der Waals surface area (Å²) in [5.41, 5.74) is 5.80. The van der Waals surface area contributed by atoms with Gasteiger partial charge in [-0.25, -0.2) is 0 Å². The molecule has 0 radical (unpaired) electrons. The molecule has 3 nitrogen and oxygen atoms in total. The van der Waals surface area contributed by atoms with Crippen LogP contribution in [0.4, 0.5) is 0 Å². The summed E-state index contributed by atoms with van der Waals surface area (Å²) in [7, 11) is 0. The highest BCUT2D eigenvalue weighted by atomic mass is 32.2. The van der Waals surface area contributed by atoms with Crippen LogP contribution in [0, 0.1) is 0 Å². The van der Waals surface area contributed by atoms with E-state index in [9.17, 15) is 4.79 Å². The summed E-state index contributed by atoms with van der Waals surface area (Å²) in [5.74, 6) is -0.0987. The van der Waals surface area contributed by atoms with Gasteiger partial charge < -0.3 is 11.1 Å². The van der Waals surface area contributed by atoms with Gasteiger partial charge in [0.1, 0.15) is 6.04 Å². The Labute approximate surface area is 98.4 Å². The first kappa shape index (κ1) is 12.5. The van der Waals surface area contributed by atoms with Gasteiger partial charge in [-0.15, -0.1) is 11.3 Å². The third-order valence-electron chi connectivity index (χ3n) is 2.10. The molecule has 1 amide bonds. The maximum absolute atomic E-state index is 11.6. The Kier molecular flexibility index (Phi) is 5.14. The van der Waals surface area contributed by atoms with E-state index in [1.54, 1.807) is 11.8 Å². The maximum Gasteiger partial charge on any atom is 0.242 e. The lowest BCUT2D eigenvalue weighted by Gasteiger charge is -2.13. The second-order valence-corrected chi connectivity index (χ2v) is 5.54. The van der Waals surface area contributed by atoms with Crippen molar-refractivity contribution in [3.8, 4) is 0 Å². The Morgan fingerprint density at radius 3 is 3.00 bits per heavy atom. The van der Waals surface area contributed by atoms with Crippen LogP contribution in [0.1, 0.15) is 17.8 Å². The third kappa shape index (κ3) is 3.85. The predicted molar refractivity (Wildman–Crippen MR) is 67.2 cm³/mol. The van der Waals surface area contributed by atoms with Gasteiger partial charge in [-0.3, -0.25) is 4.79 Å². The quantitative estimate of drug-likeness (QED) is 0.827. The molecule has 0 aromatic carbocycles. The minimum absolute atomic E-state index is 0.0987. The summed E-state index contributed by atoms with van der Waals surface area (Å²) in [6.45, 7) is 2.74. The van der Waals surface area contributed by atoms with Gasteiger partial charge in [0.05, 0.1) is 0 Å². The number of hydrogen-bond acceptors (Lipinski definition) is 4. The molecule has 2 atom stereocenters. The number of hydrogen-bond donors (Lipinski definition) is 2. The minimum atomic E-state index is -0.529. The molecular weight excluding hydrogens is 228 g/mol. The van der Waals surface area contributed by atoms with Gasteiger partial charge in [0.25, 0.3) is 0 Å². The number of nitrogens with one attached hydrogen (secondary N) is 1. The van der Waals surface area contributed by atoms with Crippen LogP contribution in [0.25, 0.3) is 0 Å². The molecule has 1 aromatic heterocycles. The Morgan fingerprint density at radius 2 is 2.47 bits per heavy atom. The number of thioether (sulfide) groups is 1. The van der Waals surface area contributed by atoms with E-state index in [2.05, 4.69) is 12.2 Å². The molecule has 0 fully saturated rings. The topological polar surface area (TPSA) is 55.1 Å². The number of thiophene rings is 1. The fourth-order valence-electron chi connectivity index (χ4n) is 1.04. The van der Waals surface area contributed by atoms with Crippen LogP contribution in [-0.4, -0.2) is 24.0 Å². The Morgan fingerprint density at radius 1 is 1.73 bits per heavy atom. The molecule has 1 heterocycles. The van der Waals surface area contributed by atoms with E-state index in [0.29, 0.717) is 11.8 Å². The maximum atomic E-state index is 11.6. The molecule has 5 heteroatoms. The van der Waals surface area contributed by atoms with Crippen molar-refractivity contribution < 1.29 is 4.79 Å². The van der Waals surface area contributed by atoms with Gasteiger partial charge in [-0.1, -0.05) is 13.0 Å². The highest BCUT2D eigenvalue weighted by Gasteiger charge is 2.16. The Bertz CT molecular complexity index is 300. The van der Waals surface area contributed by atoms with Gasteiger partial charge in [-0.2, -0.15) is 11.8 Å². The van der Waals surface area contributed by atoms with Crippen LogP contribution in [0.2, 0.25) is 0 Å². The molecule has 0 aliphatic rings. The van der Waals surface area contributed by atoms with E-state index in [1.807, 2.05) is 23.8 Å². The van der Waals surface area contributed by atoms with Crippen LogP contribution >= 0.6 is 23.1 Å². The van der Waals surface area contributed by atoms with Crippen molar-refractivity contribution in [1.82, 2.24) is 5.32 Å². The van der Waals surface area contributed by atoms with Crippen molar-refractivity contribution in [2.75, 3.05) is 12.8 Å². The smallest absolute Gasteiger partial charge is 0.242 e. The number of nitrogens with two attached hydrogens (primary N) is 1. The molecule has 84 valence electrons. The van der Waals surface area contributed by atoms with Gasteiger partial charge in [0.15, 0.2) is 0 Å². The molecule has 1 aromatic rings. The van der Waals surface area contributed by atoms with Crippen LogP contribution in [0.5, 0.6) is 0 Å². The van der Waals surface area contributed by atoms with E-state index in [1.165, 1.54) is 11.3 Å². The molecule has 2 unspecified atom stereocenters. The second kappa shape index (κ2) is 6.15. The molecule has 0 saturated heterocycles. The zero-order valence-corrected chi connectivity index (χ0v) is 10.5. The fourth-order valence-corrected chi connectivity index (χ4v) is 2.01. The normalized spacial score (nSPS) is 14.6. The van der Waals surface area contributed by atoms with Crippen molar-refractivity contribution in [2.45, 2.75) is 18.2 Å². The molecule has 0 saturated carbocycles. The highest BCUT2D eigenvalue weighted by molar-refractivity contribution is 7.99. The van der Waals surface area contributed by atoms with Gasteiger partial charge in [0, 0.05) is 16.7 Å². The van der Waals surface area contributed by atoms with Crippen molar-refractivity contribution in [3.05, 3.63) is 22.4 Å². The summed E-state index contributed by atoms with van der Waals surface area (Å²) < 4.78 is 0. The molecule has 1 rings (SSSR count). The molecule has 0 aliphatic carbocycles. The fraction of sp³-hybridized carbons (Fsp3) is 0.500. The molecule has 0 bridgehead atoms.